The second-order valence-corrected chi connectivity index (χ2v) is 2.19. The number of ether oxygens (including phenoxy) is 1. The van der Waals surface area contributed by atoms with Crippen LogP contribution in [0.15, 0.2) is 12.4 Å². The maximum atomic E-state index is 10.4. The number of rotatable bonds is 3. The van der Waals surface area contributed by atoms with Crippen LogP contribution in [-0.4, -0.2) is 33.3 Å². The number of aliphatic carboxylic acids is 1. The molecule has 1 aromatic rings. The minimum atomic E-state index is -1.70. The normalized spacial score (nSPS) is 12.2. The Morgan fingerprint density at radius 3 is 2.69 bits per heavy atom. The van der Waals surface area contributed by atoms with E-state index in [1.54, 1.807) is 0 Å². The quantitative estimate of drug-likeness (QED) is 0.664. The predicted octanol–water partition coefficient (Wildman–Crippen LogP) is -0.397. The number of hydrogen-bond donors (Lipinski definition) is 2. The fourth-order valence-electron chi connectivity index (χ4n) is 0.798. The number of nitrogens with zero attached hydrogens (tertiary/aromatic N) is 2. The Balaban J connectivity index is 3.05. The first kappa shape index (κ1) is 9.40. The number of methoxy groups -OCH3 is 1. The van der Waals surface area contributed by atoms with E-state index >= 15 is 0 Å². The Labute approximate surface area is 73.8 Å². The molecule has 13 heavy (non-hydrogen) atoms. The van der Waals surface area contributed by atoms with Crippen molar-refractivity contribution in [3.05, 3.63) is 18.1 Å². The van der Waals surface area contributed by atoms with Crippen LogP contribution in [0.4, 0.5) is 0 Å². The summed E-state index contributed by atoms with van der Waals surface area (Å²) >= 11 is 0. The number of carboxylic acid groups (broad SMARTS) is 1. The van der Waals surface area contributed by atoms with Crippen LogP contribution < -0.4 is 4.74 Å². The van der Waals surface area contributed by atoms with Crippen LogP contribution in [0, 0.1) is 0 Å². The van der Waals surface area contributed by atoms with E-state index in [0.29, 0.717) is 0 Å². The summed E-state index contributed by atoms with van der Waals surface area (Å²) in [6.45, 7) is 0. The third kappa shape index (κ3) is 1.91. The highest BCUT2D eigenvalue weighted by molar-refractivity contribution is 5.74. The highest BCUT2D eigenvalue weighted by Gasteiger charge is 2.22. The summed E-state index contributed by atoms with van der Waals surface area (Å²) in [5, 5.41) is 17.6. The van der Waals surface area contributed by atoms with Gasteiger partial charge in [0, 0.05) is 12.4 Å². The summed E-state index contributed by atoms with van der Waals surface area (Å²) in [7, 11) is 1.32. The molecule has 1 heterocycles. The third-order valence-corrected chi connectivity index (χ3v) is 1.38. The monoisotopic (exact) mass is 184 g/mol. The summed E-state index contributed by atoms with van der Waals surface area (Å²) in [5.41, 5.74) is -0.0995. The second-order valence-electron chi connectivity index (χ2n) is 2.19. The van der Waals surface area contributed by atoms with Gasteiger partial charge < -0.3 is 14.9 Å². The summed E-state index contributed by atoms with van der Waals surface area (Å²) in [5.74, 6) is -1.38. The average molecular weight is 184 g/mol. The average Bonchev–Trinajstić information content (AvgIpc) is 2.16. The topological polar surface area (TPSA) is 92.5 Å². The number of aliphatic hydroxyl groups is 1. The molecule has 6 nitrogen and oxygen atoms in total. The molecule has 0 aromatic carbocycles. The van der Waals surface area contributed by atoms with E-state index in [9.17, 15) is 4.79 Å². The molecule has 1 unspecified atom stereocenters. The van der Waals surface area contributed by atoms with Crippen molar-refractivity contribution < 1.29 is 19.7 Å². The first-order valence-electron chi connectivity index (χ1n) is 3.42. The lowest BCUT2D eigenvalue weighted by Gasteiger charge is -2.07. The summed E-state index contributed by atoms with van der Waals surface area (Å²) in [6.07, 6.45) is 0.921. The molecule has 1 atom stereocenters. The highest BCUT2D eigenvalue weighted by Crippen LogP contribution is 2.18. The summed E-state index contributed by atoms with van der Waals surface area (Å²) in [4.78, 5) is 17.7. The number of carbonyl (C=O) groups is 1. The molecule has 0 aliphatic rings. The van der Waals surface area contributed by atoms with Gasteiger partial charge in [0.1, 0.15) is 5.69 Å². The number of carboxylic acids is 1. The van der Waals surface area contributed by atoms with Crippen LogP contribution in [0.5, 0.6) is 5.88 Å². The molecular weight excluding hydrogens is 176 g/mol. The van der Waals surface area contributed by atoms with Crippen LogP contribution >= 0.6 is 0 Å². The molecule has 1 rings (SSSR count). The molecule has 2 N–H and O–H groups in total. The number of aromatic nitrogens is 2. The molecule has 0 aliphatic heterocycles. The first-order chi connectivity index (χ1) is 6.16. The van der Waals surface area contributed by atoms with Crippen LogP contribution in [0.2, 0.25) is 0 Å². The zero-order valence-electron chi connectivity index (χ0n) is 6.84. The first-order valence-corrected chi connectivity index (χ1v) is 3.42. The maximum Gasteiger partial charge on any atom is 0.339 e. The highest BCUT2D eigenvalue weighted by atomic mass is 16.5. The van der Waals surface area contributed by atoms with Crippen LogP contribution in [0.1, 0.15) is 11.8 Å². The molecule has 6 heteroatoms. The van der Waals surface area contributed by atoms with E-state index in [-0.39, 0.29) is 11.6 Å². The van der Waals surface area contributed by atoms with Crippen molar-refractivity contribution in [3.63, 3.8) is 0 Å². The van der Waals surface area contributed by atoms with Gasteiger partial charge in [-0.05, 0) is 0 Å². The van der Waals surface area contributed by atoms with Gasteiger partial charge in [0.25, 0.3) is 0 Å². The van der Waals surface area contributed by atoms with Gasteiger partial charge >= 0.3 is 5.97 Å². The molecule has 0 bridgehead atoms. The zero-order valence-corrected chi connectivity index (χ0v) is 6.84. The Morgan fingerprint density at radius 1 is 1.54 bits per heavy atom. The van der Waals surface area contributed by atoms with Gasteiger partial charge in [-0.1, -0.05) is 0 Å². The fraction of sp³-hybridized carbons (Fsp3) is 0.286. The van der Waals surface area contributed by atoms with E-state index in [2.05, 4.69) is 9.97 Å². The van der Waals surface area contributed by atoms with E-state index in [1.807, 2.05) is 0 Å². The van der Waals surface area contributed by atoms with Crippen molar-refractivity contribution in [1.29, 1.82) is 0 Å². The largest absolute Gasteiger partial charge is 0.480 e. The zero-order chi connectivity index (χ0) is 9.84. The number of hydrogen-bond acceptors (Lipinski definition) is 5. The molecule has 0 saturated carbocycles. The van der Waals surface area contributed by atoms with Gasteiger partial charge in [-0.3, -0.25) is 4.98 Å². The standard InChI is InChI=1S/C7H8N2O4/c1-13-6-4(5(10)7(11)12)8-2-3-9-6/h2-3,5,10H,1H3,(H,11,12). The summed E-state index contributed by atoms with van der Waals surface area (Å²) < 4.78 is 4.72. The van der Waals surface area contributed by atoms with Crippen molar-refractivity contribution in [3.8, 4) is 5.88 Å². The van der Waals surface area contributed by atoms with Crippen LogP contribution in [-0.2, 0) is 4.79 Å². The molecule has 70 valence electrons. The molecule has 0 spiro atoms. The number of aliphatic hydroxyl groups excluding tert-OH is 1. The van der Waals surface area contributed by atoms with E-state index in [1.165, 1.54) is 19.5 Å². The molecule has 0 saturated heterocycles. The van der Waals surface area contributed by atoms with Crippen molar-refractivity contribution in [2.24, 2.45) is 0 Å². The van der Waals surface area contributed by atoms with Crippen LogP contribution in [0.3, 0.4) is 0 Å². The lowest BCUT2D eigenvalue weighted by atomic mass is 10.2. The minimum absolute atomic E-state index is 0.0115. The maximum absolute atomic E-state index is 10.4. The molecular formula is C7H8N2O4. The molecule has 1 aromatic heterocycles. The lowest BCUT2D eigenvalue weighted by Crippen LogP contribution is -2.13. The van der Waals surface area contributed by atoms with Crippen molar-refractivity contribution >= 4 is 5.97 Å². The van der Waals surface area contributed by atoms with E-state index in [0.717, 1.165) is 0 Å². The van der Waals surface area contributed by atoms with Gasteiger partial charge in [0.15, 0.2) is 6.10 Å². The minimum Gasteiger partial charge on any atom is -0.480 e. The lowest BCUT2D eigenvalue weighted by molar-refractivity contribution is -0.147. The smallest absolute Gasteiger partial charge is 0.339 e. The van der Waals surface area contributed by atoms with E-state index in [4.69, 9.17) is 14.9 Å². The van der Waals surface area contributed by atoms with Crippen LogP contribution in [0.25, 0.3) is 0 Å². The Hall–Kier alpha value is -1.69. The second kappa shape index (κ2) is 3.81. The van der Waals surface area contributed by atoms with Gasteiger partial charge in [0.2, 0.25) is 5.88 Å². The van der Waals surface area contributed by atoms with Crippen molar-refractivity contribution in [1.82, 2.24) is 9.97 Å². The van der Waals surface area contributed by atoms with Gasteiger partial charge in [-0.25, -0.2) is 9.78 Å². The molecule has 0 aliphatic carbocycles. The molecule has 0 radical (unpaired) electrons. The van der Waals surface area contributed by atoms with Gasteiger partial charge in [-0.15, -0.1) is 0 Å². The summed E-state index contributed by atoms with van der Waals surface area (Å²) in [6, 6.07) is 0. The van der Waals surface area contributed by atoms with E-state index < -0.39 is 12.1 Å². The fourth-order valence-corrected chi connectivity index (χ4v) is 0.798. The third-order valence-electron chi connectivity index (χ3n) is 1.38. The Bertz CT molecular complexity index is 315. The Morgan fingerprint density at radius 2 is 2.15 bits per heavy atom. The molecule has 0 fully saturated rings. The molecule has 0 amide bonds. The van der Waals surface area contributed by atoms with Gasteiger partial charge in [-0.2, -0.15) is 0 Å². The van der Waals surface area contributed by atoms with Crippen molar-refractivity contribution in [2.75, 3.05) is 7.11 Å². The Kier molecular flexibility index (Phi) is 2.76. The van der Waals surface area contributed by atoms with Crippen molar-refractivity contribution in [2.45, 2.75) is 6.10 Å². The SMILES string of the molecule is COc1nccnc1C(O)C(=O)O. The van der Waals surface area contributed by atoms with Gasteiger partial charge in [0.05, 0.1) is 7.11 Å². The predicted molar refractivity (Wildman–Crippen MR) is 41.2 cm³/mol.